The zero-order valence-electron chi connectivity index (χ0n) is 11.1. The first kappa shape index (κ1) is 10.7. The van der Waals surface area contributed by atoms with Crippen LogP contribution in [-0.4, -0.2) is 4.57 Å². The zero-order valence-corrected chi connectivity index (χ0v) is 11.1. The average molecular weight is 239 g/mol. The fourth-order valence-electron chi connectivity index (χ4n) is 4.43. The highest BCUT2D eigenvalue weighted by Crippen LogP contribution is 2.49. The fourth-order valence-corrected chi connectivity index (χ4v) is 4.43. The van der Waals surface area contributed by atoms with E-state index in [4.69, 9.17) is 0 Å². The SMILES string of the molecule is Cc1cc2ccccc2n1CC1CC2CCC1C2. The zero-order chi connectivity index (χ0) is 12.1. The topological polar surface area (TPSA) is 4.93 Å². The van der Waals surface area contributed by atoms with Crippen LogP contribution in [0.4, 0.5) is 0 Å². The number of aryl methyl sites for hydroxylation is 1. The van der Waals surface area contributed by atoms with Crippen LogP contribution in [0, 0.1) is 24.7 Å². The monoisotopic (exact) mass is 239 g/mol. The quantitative estimate of drug-likeness (QED) is 0.732. The van der Waals surface area contributed by atoms with E-state index in [0.29, 0.717) is 0 Å². The standard InChI is InChI=1S/C17H21N/c1-12-8-15-4-2-3-5-17(15)18(12)11-16-10-13-6-7-14(16)9-13/h2-5,8,13-14,16H,6-7,9-11H2,1H3. The van der Waals surface area contributed by atoms with E-state index in [0.717, 1.165) is 17.8 Å². The van der Waals surface area contributed by atoms with Gasteiger partial charge in [0.05, 0.1) is 0 Å². The lowest BCUT2D eigenvalue weighted by atomic mass is 9.89. The van der Waals surface area contributed by atoms with Crippen LogP contribution in [0.2, 0.25) is 0 Å². The molecule has 2 aliphatic rings. The van der Waals surface area contributed by atoms with E-state index < -0.39 is 0 Å². The molecule has 4 rings (SSSR count). The molecule has 1 heteroatoms. The molecule has 3 atom stereocenters. The van der Waals surface area contributed by atoms with Crippen LogP contribution in [0.1, 0.15) is 31.4 Å². The summed E-state index contributed by atoms with van der Waals surface area (Å²) in [5.74, 6) is 3.02. The van der Waals surface area contributed by atoms with Crippen molar-refractivity contribution in [1.82, 2.24) is 4.57 Å². The molecule has 1 nitrogen and oxygen atoms in total. The number of benzene rings is 1. The second kappa shape index (κ2) is 3.88. The van der Waals surface area contributed by atoms with Crippen molar-refractivity contribution in [2.24, 2.45) is 17.8 Å². The lowest BCUT2D eigenvalue weighted by molar-refractivity contribution is 0.297. The van der Waals surface area contributed by atoms with Crippen LogP contribution in [-0.2, 0) is 6.54 Å². The van der Waals surface area contributed by atoms with E-state index in [9.17, 15) is 0 Å². The van der Waals surface area contributed by atoms with Gasteiger partial charge in [-0.2, -0.15) is 0 Å². The molecule has 18 heavy (non-hydrogen) atoms. The first-order valence-corrected chi connectivity index (χ1v) is 7.36. The summed E-state index contributed by atoms with van der Waals surface area (Å²) in [6.45, 7) is 3.51. The van der Waals surface area contributed by atoms with E-state index >= 15 is 0 Å². The van der Waals surface area contributed by atoms with Crippen LogP contribution < -0.4 is 0 Å². The molecule has 0 aliphatic heterocycles. The summed E-state index contributed by atoms with van der Waals surface area (Å²) in [5.41, 5.74) is 2.86. The van der Waals surface area contributed by atoms with Crippen molar-refractivity contribution in [2.75, 3.05) is 0 Å². The minimum Gasteiger partial charge on any atom is -0.345 e. The van der Waals surface area contributed by atoms with Crippen LogP contribution in [0.25, 0.3) is 10.9 Å². The van der Waals surface area contributed by atoms with Crippen molar-refractivity contribution in [3.8, 4) is 0 Å². The molecule has 0 N–H and O–H groups in total. The van der Waals surface area contributed by atoms with Gasteiger partial charge < -0.3 is 4.57 Å². The molecule has 0 saturated heterocycles. The molecular formula is C17H21N. The van der Waals surface area contributed by atoms with Gasteiger partial charge in [0.1, 0.15) is 0 Å². The second-order valence-corrected chi connectivity index (χ2v) is 6.39. The Bertz CT molecular complexity index is 580. The molecular weight excluding hydrogens is 218 g/mol. The van der Waals surface area contributed by atoms with Gasteiger partial charge in [0.15, 0.2) is 0 Å². The van der Waals surface area contributed by atoms with Gasteiger partial charge in [-0.05, 0) is 61.5 Å². The van der Waals surface area contributed by atoms with Gasteiger partial charge in [-0.25, -0.2) is 0 Å². The average Bonchev–Trinajstić information content (AvgIpc) is 3.05. The second-order valence-electron chi connectivity index (χ2n) is 6.39. The molecule has 0 amide bonds. The smallest absolute Gasteiger partial charge is 0.0482 e. The van der Waals surface area contributed by atoms with Gasteiger partial charge in [-0.1, -0.05) is 24.6 Å². The van der Waals surface area contributed by atoms with Gasteiger partial charge in [-0.15, -0.1) is 0 Å². The fraction of sp³-hybridized carbons (Fsp3) is 0.529. The van der Waals surface area contributed by atoms with Crippen LogP contribution >= 0.6 is 0 Å². The molecule has 2 fully saturated rings. The molecule has 2 saturated carbocycles. The third-order valence-corrected chi connectivity index (χ3v) is 5.32. The summed E-state index contributed by atoms with van der Waals surface area (Å²) in [6, 6.07) is 11.2. The van der Waals surface area contributed by atoms with Gasteiger partial charge in [0.2, 0.25) is 0 Å². The van der Waals surface area contributed by atoms with Crippen molar-refractivity contribution in [1.29, 1.82) is 0 Å². The summed E-state index contributed by atoms with van der Waals surface area (Å²) in [4.78, 5) is 0. The van der Waals surface area contributed by atoms with E-state index in [2.05, 4.69) is 41.8 Å². The Morgan fingerprint density at radius 3 is 2.83 bits per heavy atom. The van der Waals surface area contributed by atoms with Gasteiger partial charge in [0.25, 0.3) is 0 Å². The van der Waals surface area contributed by atoms with E-state index in [1.165, 1.54) is 48.8 Å². The Hall–Kier alpha value is -1.24. The Morgan fingerprint density at radius 2 is 2.06 bits per heavy atom. The lowest BCUT2D eigenvalue weighted by Gasteiger charge is -2.23. The predicted octanol–water partition coefficient (Wildman–Crippen LogP) is 4.39. The molecule has 1 heterocycles. The summed E-state index contributed by atoms with van der Waals surface area (Å²) in [5, 5.41) is 1.40. The van der Waals surface area contributed by atoms with Gasteiger partial charge >= 0.3 is 0 Å². The number of aromatic nitrogens is 1. The highest BCUT2D eigenvalue weighted by molar-refractivity contribution is 5.81. The molecule has 2 bridgehead atoms. The first-order valence-electron chi connectivity index (χ1n) is 7.36. The maximum Gasteiger partial charge on any atom is 0.0482 e. The highest BCUT2D eigenvalue weighted by Gasteiger charge is 2.39. The maximum absolute atomic E-state index is 2.56. The van der Waals surface area contributed by atoms with Gasteiger partial charge in [0, 0.05) is 17.8 Å². The molecule has 1 aromatic carbocycles. The Labute approximate surface area is 109 Å². The molecule has 1 aromatic heterocycles. The van der Waals surface area contributed by atoms with Crippen LogP contribution in [0.3, 0.4) is 0 Å². The number of hydrogen-bond acceptors (Lipinski definition) is 0. The minimum atomic E-state index is 0.943. The number of rotatable bonds is 2. The van der Waals surface area contributed by atoms with Crippen molar-refractivity contribution in [3.05, 3.63) is 36.0 Å². The minimum absolute atomic E-state index is 0.943. The van der Waals surface area contributed by atoms with Crippen molar-refractivity contribution < 1.29 is 0 Å². The summed E-state index contributed by atoms with van der Waals surface area (Å²) in [6.07, 6.45) is 6.00. The number of para-hydroxylation sites is 1. The summed E-state index contributed by atoms with van der Waals surface area (Å²) < 4.78 is 2.56. The lowest BCUT2D eigenvalue weighted by Crippen LogP contribution is -2.17. The Morgan fingerprint density at radius 1 is 1.17 bits per heavy atom. The van der Waals surface area contributed by atoms with Gasteiger partial charge in [-0.3, -0.25) is 0 Å². The molecule has 0 radical (unpaired) electrons. The van der Waals surface area contributed by atoms with E-state index in [1.54, 1.807) is 0 Å². The highest BCUT2D eigenvalue weighted by atomic mass is 15.0. The first-order chi connectivity index (χ1) is 8.81. The third-order valence-electron chi connectivity index (χ3n) is 5.32. The summed E-state index contributed by atoms with van der Waals surface area (Å²) in [7, 11) is 0. The normalized spacial score (nSPS) is 30.4. The Balaban J connectivity index is 1.68. The Kier molecular flexibility index (Phi) is 2.30. The van der Waals surface area contributed by atoms with Crippen molar-refractivity contribution in [2.45, 2.75) is 39.2 Å². The van der Waals surface area contributed by atoms with Crippen molar-refractivity contribution >= 4 is 10.9 Å². The molecule has 94 valence electrons. The van der Waals surface area contributed by atoms with Crippen LogP contribution in [0.15, 0.2) is 30.3 Å². The molecule has 0 spiro atoms. The van der Waals surface area contributed by atoms with E-state index in [1.807, 2.05) is 0 Å². The molecule has 2 aliphatic carbocycles. The third kappa shape index (κ3) is 1.53. The maximum atomic E-state index is 2.56. The molecule has 3 unspecified atom stereocenters. The van der Waals surface area contributed by atoms with Crippen LogP contribution in [0.5, 0.6) is 0 Å². The number of fused-ring (bicyclic) bond motifs is 3. The largest absolute Gasteiger partial charge is 0.345 e. The predicted molar refractivity (Wildman–Crippen MR) is 75.6 cm³/mol. The number of nitrogens with zero attached hydrogens (tertiary/aromatic N) is 1. The van der Waals surface area contributed by atoms with Crippen molar-refractivity contribution in [3.63, 3.8) is 0 Å². The number of hydrogen-bond donors (Lipinski definition) is 0. The molecule has 2 aromatic rings. The summed E-state index contributed by atoms with van der Waals surface area (Å²) >= 11 is 0. The van der Waals surface area contributed by atoms with E-state index in [-0.39, 0.29) is 0 Å².